The molecule has 0 aliphatic carbocycles. The van der Waals surface area contributed by atoms with E-state index in [-0.39, 0.29) is 11.1 Å². The highest BCUT2D eigenvalue weighted by molar-refractivity contribution is 5.88. The Bertz CT molecular complexity index is 1150. The molecule has 13 nitrogen and oxygen atoms in total. The summed E-state index contributed by atoms with van der Waals surface area (Å²) in [5.74, 6) is -2.18. The molecule has 0 aromatic heterocycles. The van der Waals surface area contributed by atoms with E-state index in [1.54, 1.807) is 44.2 Å². The zero-order valence-corrected chi connectivity index (χ0v) is 26.5. The Hall–Kier alpha value is -3.24. The Morgan fingerprint density at radius 2 is 1.00 bits per heavy atom. The summed E-state index contributed by atoms with van der Waals surface area (Å²) in [6.45, 7) is 7.21. The Morgan fingerprint density at radius 3 is 1.43 bits per heavy atom. The normalized spacial score (nSPS) is 33.7. The maximum atomic E-state index is 12.4. The smallest absolute Gasteiger partial charge is 0.336 e. The minimum Gasteiger partial charge on any atom is -0.429 e. The molecular weight excluding hydrogens is 604 g/mol. The number of aliphatic hydroxyl groups is 7. The molecule has 0 bridgehead atoms. The van der Waals surface area contributed by atoms with Crippen molar-refractivity contribution in [3.63, 3.8) is 0 Å². The second-order valence-corrected chi connectivity index (χ2v) is 11.2. The molecule has 256 valence electrons. The highest BCUT2D eigenvalue weighted by atomic mass is 16.7. The van der Waals surface area contributed by atoms with E-state index in [0.717, 1.165) is 11.1 Å². The molecule has 13 heteroatoms. The minimum atomic E-state index is -1.68. The second-order valence-electron chi connectivity index (χ2n) is 11.2. The summed E-state index contributed by atoms with van der Waals surface area (Å²) in [6, 6.07) is 0. The van der Waals surface area contributed by atoms with E-state index in [4.69, 9.17) is 18.9 Å². The van der Waals surface area contributed by atoms with E-state index in [1.807, 2.05) is 38.2 Å². The lowest BCUT2D eigenvalue weighted by Crippen LogP contribution is -2.59. The molecule has 0 spiro atoms. The van der Waals surface area contributed by atoms with Crippen LogP contribution in [0.5, 0.6) is 0 Å². The summed E-state index contributed by atoms with van der Waals surface area (Å²) >= 11 is 0. The lowest BCUT2D eigenvalue weighted by atomic mass is 9.91. The van der Waals surface area contributed by atoms with E-state index in [1.165, 1.54) is 13.0 Å². The van der Waals surface area contributed by atoms with Gasteiger partial charge in [0.2, 0.25) is 12.6 Å². The fourth-order valence-corrected chi connectivity index (χ4v) is 4.28. The van der Waals surface area contributed by atoms with E-state index in [0.29, 0.717) is 0 Å². The van der Waals surface area contributed by atoms with Crippen LogP contribution in [0.15, 0.2) is 83.1 Å². The molecule has 0 unspecified atom stereocenters. The van der Waals surface area contributed by atoms with Gasteiger partial charge in [-0.2, -0.15) is 0 Å². The summed E-state index contributed by atoms with van der Waals surface area (Å²) in [6.07, 6.45) is 4.94. The van der Waals surface area contributed by atoms with Gasteiger partial charge in [-0.1, -0.05) is 78.8 Å². The zero-order valence-electron chi connectivity index (χ0n) is 26.5. The molecule has 0 aromatic rings. The maximum absolute atomic E-state index is 12.4. The first-order valence-corrected chi connectivity index (χ1v) is 14.8. The van der Waals surface area contributed by atoms with Crippen LogP contribution < -0.4 is 0 Å². The van der Waals surface area contributed by atoms with Crippen molar-refractivity contribution in [1.29, 1.82) is 0 Å². The summed E-state index contributed by atoms with van der Waals surface area (Å²) in [4.78, 5) is 24.8. The predicted octanol–water partition coefficient (Wildman–Crippen LogP) is 0.402. The zero-order chi connectivity index (χ0) is 34.6. The molecule has 2 fully saturated rings. The molecule has 0 saturated carbocycles. The highest BCUT2D eigenvalue weighted by Crippen LogP contribution is 2.27. The van der Waals surface area contributed by atoms with Gasteiger partial charge in [0.25, 0.3) is 0 Å². The van der Waals surface area contributed by atoms with Crippen LogP contribution in [0.1, 0.15) is 34.6 Å². The average Bonchev–Trinajstić information content (AvgIpc) is 3.03. The monoisotopic (exact) mass is 650 g/mol. The van der Waals surface area contributed by atoms with Crippen molar-refractivity contribution < 1.29 is 64.3 Å². The molecule has 2 heterocycles. The fraction of sp³-hybridized carbons (Fsp3) is 0.515. The van der Waals surface area contributed by atoms with Crippen molar-refractivity contribution in [2.24, 2.45) is 5.92 Å². The Morgan fingerprint density at radius 1 is 0.587 bits per heavy atom. The second kappa shape index (κ2) is 18.8. The van der Waals surface area contributed by atoms with Crippen LogP contribution in [0, 0.1) is 5.92 Å². The predicted molar refractivity (Wildman–Crippen MR) is 165 cm³/mol. The third-order valence-corrected chi connectivity index (χ3v) is 7.40. The first-order valence-electron chi connectivity index (χ1n) is 14.8. The molecule has 0 radical (unpaired) electrons. The van der Waals surface area contributed by atoms with Gasteiger partial charge in [-0.3, -0.25) is 0 Å². The van der Waals surface area contributed by atoms with Crippen LogP contribution in [0.3, 0.4) is 0 Å². The van der Waals surface area contributed by atoms with Gasteiger partial charge in [0.1, 0.15) is 36.6 Å². The Labute approximate surface area is 268 Å². The van der Waals surface area contributed by atoms with Gasteiger partial charge in [-0.15, -0.1) is 0 Å². The molecular formula is C33H46O13. The number of rotatable bonds is 12. The average molecular weight is 651 g/mol. The standard InChI is InChI=1S/C33H46O13/c1-18(12-8-14-20(3)30(41)45-32-26(37)22(5)25(36)23(16-34)43-32)10-6-7-11-19(2)13-9-15-21(4)31(42)46-33-29(40)28(39)27(38)24(17-35)44-33/h6-15,22-29,32-40H,16-17H2,1-5H3/b7-6+,12-8+,13-9+,18-10+,19-11+,20-14+,21-15+/t22-,23+,24+,25-,26+,27+,28-,29+,32-,33-/m0/s1. The Kier molecular flexibility index (Phi) is 15.9. The van der Waals surface area contributed by atoms with Crippen molar-refractivity contribution in [1.82, 2.24) is 0 Å². The lowest BCUT2D eigenvalue weighted by molar-refractivity contribution is -0.291. The van der Waals surface area contributed by atoms with Crippen LogP contribution >= 0.6 is 0 Å². The summed E-state index contributed by atoms with van der Waals surface area (Å²) in [5, 5.41) is 68.6. The van der Waals surface area contributed by atoms with Gasteiger partial charge in [0.15, 0.2) is 0 Å². The topological polar surface area (TPSA) is 213 Å². The number of allylic oxidation sites excluding steroid dienone is 12. The SMILES string of the molecule is CC(/C=C/C=C(\C)C(=O)O[C@@H]1O[C@H](CO)[C@@H](O)[C@H](C)[C@H]1O)=C\C=C\C=C(C)\C=C\C=C(/C)C(=O)O[C@@H]1O[C@H](CO)[C@@H](O)[C@H](O)[C@H]1O. The molecule has 0 aromatic carbocycles. The highest BCUT2D eigenvalue weighted by Gasteiger charge is 2.45. The molecule has 7 N–H and O–H groups in total. The van der Waals surface area contributed by atoms with Crippen molar-refractivity contribution in [3.8, 4) is 0 Å². The molecule has 2 aliphatic rings. The molecule has 10 atom stereocenters. The third-order valence-electron chi connectivity index (χ3n) is 7.40. The first kappa shape index (κ1) is 38.9. The number of esters is 2. The maximum Gasteiger partial charge on any atom is 0.336 e. The van der Waals surface area contributed by atoms with Crippen LogP contribution in [0.4, 0.5) is 0 Å². The van der Waals surface area contributed by atoms with Crippen LogP contribution in [-0.2, 0) is 28.5 Å². The van der Waals surface area contributed by atoms with Crippen molar-refractivity contribution in [2.45, 2.75) is 89.9 Å². The molecule has 2 rings (SSSR count). The van der Waals surface area contributed by atoms with Crippen LogP contribution in [0.2, 0.25) is 0 Å². The van der Waals surface area contributed by atoms with Crippen molar-refractivity contribution in [2.75, 3.05) is 13.2 Å². The van der Waals surface area contributed by atoms with Gasteiger partial charge < -0.3 is 54.7 Å². The minimum absolute atomic E-state index is 0.184. The fourth-order valence-electron chi connectivity index (χ4n) is 4.28. The number of aliphatic hydroxyl groups excluding tert-OH is 7. The van der Waals surface area contributed by atoms with Crippen molar-refractivity contribution >= 4 is 11.9 Å². The summed E-state index contributed by atoms with van der Waals surface area (Å²) in [5.41, 5.74) is 2.18. The van der Waals surface area contributed by atoms with E-state index < -0.39 is 86.4 Å². The van der Waals surface area contributed by atoms with Gasteiger partial charge in [0, 0.05) is 17.1 Å². The summed E-state index contributed by atoms with van der Waals surface area (Å²) < 4.78 is 20.8. The van der Waals surface area contributed by atoms with Crippen LogP contribution in [0.25, 0.3) is 0 Å². The number of carbonyl (C=O) groups excluding carboxylic acids is 2. The largest absolute Gasteiger partial charge is 0.429 e. The first-order chi connectivity index (χ1) is 21.7. The van der Waals surface area contributed by atoms with E-state index >= 15 is 0 Å². The van der Waals surface area contributed by atoms with Crippen molar-refractivity contribution in [3.05, 3.63) is 83.1 Å². The number of hydrogen-bond donors (Lipinski definition) is 7. The van der Waals surface area contributed by atoms with Gasteiger partial charge in [-0.25, -0.2) is 9.59 Å². The number of ether oxygens (including phenoxy) is 4. The molecule has 0 amide bonds. The third kappa shape index (κ3) is 11.2. The molecule has 2 aliphatic heterocycles. The lowest BCUT2D eigenvalue weighted by Gasteiger charge is -2.40. The van der Waals surface area contributed by atoms with Gasteiger partial charge in [0.05, 0.1) is 19.3 Å². The van der Waals surface area contributed by atoms with E-state index in [9.17, 15) is 45.3 Å². The van der Waals surface area contributed by atoms with Crippen LogP contribution in [-0.4, -0.2) is 116 Å². The number of carbonyl (C=O) groups is 2. The number of hydrogen-bond acceptors (Lipinski definition) is 13. The van der Waals surface area contributed by atoms with Gasteiger partial charge in [-0.05, 0) is 27.7 Å². The molecule has 2 saturated heterocycles. The van der Waals surface area contributed by atoms with E-state index in [2.05, 4.69) is 0 Å². The quantitative estimate of drug-likeness (QED) is 0.0867. The summed E-state index contributed by atoms with van der Waals surface area (Å²) in [7, 11) is 0. The Balaban J connectivity index is 1.86. The van der Waals surface area contributed by atoms with Gasteiger partial charge >= 0.3 is 11.9 Å². The molecule has 46 heavy (non-hydrogen) atoms.